The molecule has 1 fully saturated rings. The van der Waals surface area contributed by atoms with Crippen molar-refractivity contribution in [1.82, 2.24) is 14.9 Å². The van der Waals surface area contributed by atoms with Crippen LogP contribution < -0.4 is 5.32 Å². The van der Waals surface area contributed by atoms with Crippen LogP contribution in [-0.4, -0.2) is 39.9 Å². The minimum Gasteiger partial charge on any atom is -0.364 e. The fourth-order valence-corrected chi connectivity index (χ4v) is 4.09. The number of amides is 1. The summed E-state index contributed by atoms with van der Waals surface area (Å²) < 4.78 is 79.0. The van der Waals surface area contributed by atoms with Crippen LogP contribution in [0.3, 0.4) is 0 Å². The predicted molar refractivity (Wildman–Crippen MR) is 114 cm³/mol. The second kappa shape index (κ2) is 8.61. The van der Waals surface area contributed by atoms with Crippen LogP contribution in [0.5, 0.6) is 0 Å². The molecule has 0 saturated carbocycles. The van der Waals surface area contributed by atoms with Gasteiger partial charge < -0.3 is 10.2 Å². The number of alkyl halides is 6. The van der Waals surface area contributed by atoms with E-state index in [1.807, 2.05) is 0 Å². The minimum absolute atomic E-state index is 0.0345. The Kier molecular flexibility index (Phi) is 6.09. The summed E-state index contributed by atoms with van der Waals surface area (Å²) in [7, 11) is 0. The first-order chi connectivity index (χ1) is 15.8. The number of carbonyl (C=O) groups is 1. The SMILES string of the molecule is Cc1ccc(C(F)(F)F)c(C(=O)N2CCC(Nc3cnc4cc(C(F)(F)F)cc(Cl)c4n3)C2)c1. The molecule has 1 saturated heterocycles. The summed E-state index contributed by atoms with van der Waals surface area (Å²) in [5.41, 5.74) is -1.78. The van der Waals surface area contributed by atoms with E-state index in [4.69, 9.17) is 11.6 Å². The fraction of sp³-hybridized carbons (Fsp3) is 0.318. The summed E-state index contributed by atoms with van der Waals surface area (Å²) in [6, 6.07) is 4.68. The first-order valence-electron chi connectivity index (χ1n) is 10.1. The van der Waals surface area contributed by atoms with Gasteiger partial charge in [0, 0.05) is 19.1 Å². The Morgan fingerprint density at radius 2 is 1.85 bits per heavy atom. The number of halogens is 7. The van der Waals surface area contributed by atoms with Crippen molar-refractivity contribution < 1.29 is 31.1 Å². The Morgan fingerprint density at radius 3 is 2.53 bits per heavy atom. The standard InChI is InChI=1S/C22H17ClF6N4O/c1-11-2-3-15(22(27,28)29)14(6-11)20(34)33-5-4-13(10-33)31-18-9-30-17-8-12(21(24,25)26)7-16(23)19(17)32-18/h2-3,6-9,13H,4-5,10H2,1H3,(H,31,32). The van der Waals surface area contributed by atoms with Crippen LogP contribution in [0.4, 0.5) is 32.2 Å². The van der Waals surface area contributed by atoms with Crippen LogP contribution in [-0.2, 0) is 12.4 Å². The van der Waals surface area contributed by atoms with E-state index in [1.165, 1.54) is 23.2 Å². The van der Waals surface area contributed by atoms with E-state index in [9.17, 15) is 31.1 Å². The summed E-state index contributed by atoms with van der Waals surface area (Å²) in [6.45, 7) is 1.94. The fourth-order valence-electron chi connectivity index (χ4n) is 3.83. The van der Waals surface area contributed by atoms with E-state index < -0.39 is 35.0 Å². The zero-order chi connectivity index (χ0) is 24.8. The van der Waals surface area contributed by atoms with Gasteiger partial charge >= 0.3 is 12.4 Å². The first kappa shape index (κ1) is 24.1. The Labute approximate surface area is 194 Å². The Hall–Kier alpha value is -3.08. The third-order valence-corrected chi connectivity index (χ3v) is 5.76. The molecule has 1 aliphatic rings. The lowest BCUT2D eigenvalue weighted by Gasteiger charge is -2.20. The number of likely N-dealkylation sites (tertiary alicyclic amines) is 1. The number of nitrogens with zero attached hydrogens (tertiary/aromatic N) is 3. The van der Waals surface area contributed by atoms with Crippen LogP contribution in [0, 0.1) is 6.92 Å². The number of aromatic nitrogens is 2. The van der Waals surface area contributed by atoms with Gasteiger partial charge in [-0.25, -0.2) is 4.98 Å². The molecule has 34 heavy (non-hydrogen) atoms. The molecule has 1 atom stereocenters. The third kappa shape index (κ3) is 4.89. The topological polar surface area (TPSA) is 58.1 Å². The second-order valence-electron chi connectivity index (χ2n) is 8.01. The summed E-state index contributed by atoms with van der Waals surface area (Å²) in [6.07, 6.45) is -7.58. The number of aryl methyl sites for hydroxylation is 1. The molecule has 4 rings (SSSR count). The molecular formula is C22H17ClF6N4O. The molecule has 1 aliphatic heterocycles. The summed E-state index contributed by atoms with van der Waals surface area (Å²) in [5, 5.41) is 2.81. The molecule has 0 aliphatic carbocycles. The van der Waals surface area contributed by atoms with Crippen LogP contribution in [0.15, 0.2) is 36.5 Å². The quantitative estimate of drug-likeness (QED) is 0.449. The number of benzene rings is 2. The molecule has 3 aromatic rings. The third-order valence-electron chi connectivity index (χ3n) is 5.47. The van der Waals surface area contributed by atoms with E-state index in [0.29, 0.717) is 12.0 Å². The smallest absolute Gasteiger partial charge is 0.364 e. The molecular weight excluding hydrogens is 486 g/mol. The number of hydrogen-bond donors (Lipinski definition) is 1. The van der Waals surface area contributed by atoms with Gasteiger partial charge in [0.2, 0.25) is 0 Å². The zero-order valence-corrected chi connectivity index (χ0v) is 18.3. The lowest BCUT2D eigenvalue weighted by molar-refractivity contribution is -0.138. The van der Waals surface area contributed by atoms with Crippen molar-refractivity contribution in [2.75, 3.05) is 18.4 Å². The largest absolute Gasteiger partial charge is 0.417 e. The number of carbonyl (C=O) groups excluding carboxylic acids is 1. The van der Waals surface area contributed by atoms with Crippen molar-refractivity contribution in [3.8, 4) is 0 Å². The Morgan fingerprint density at radius 1 is 1.12 bits per heavy atom. The molecule has 0 radical (unpaired) electrons. The maximum atomic E-state index is 13.4. The Bertz CT molecular complexity index is 1260. The van der Waals surface area contributed by atoms with Crippen LogP contribution in [0.2, 0.25) is 5.02 Å². The number of nitrogens with one attached hydrogen (secondary N) is 1. The zero-order valence-electron chi connectivity index (χ0n) is 17.6. The van der Waals surface area contributed by atoms with Crippen LogP contribution in [0.25, 0.3) is 11.0 Å². The van der Waals surface area contributed by atoms with Crippen molar-refractivity contribution in [2.45, 2.75) is 31.7 Å². The molecule has 0 bridgehead atoms. The van der Waals surface area contributed by atoms with Crippen molar-refractivity contribution in [1.29, 1.82) is 0 Å². The Balaban J connectivity index is 1.51. The molecule has 0 spiro atoms. The van der Waals surface area contributed by atoms with Gasteiger partial charge in [-0.2, -0.15) is 26.3 Å². The minimum atomic E-state index is -4.66. The molecule has 12 heteroatoms. The number of fused-ring (bicyclic) bond motifs is 1. The van der Waals surface area contributed by atoms with Crippen molar-refractivity contribution in [3.63, 3.8) is 0 Å². The lowest BCUT2D eigenvalue weighted by Crippen LogP contribution is -2.33. The molecule has 1 N–H and O–H groups in total. The van der Waals surface area contributed by atoms with Gasteiger partial charge in [0.25, 0.3) is 5.91 Å². The summed E-state index contributed by atoms with van der Waals surface area (Å²) in [5.74, 6) is -0.507. The van der Waals surface area contributed by atoms with Gasteiger partial charge in [-0.1, -0.05) is 23.2 Å². The molecule has 2 aromatic carbocycles. The van der Waals surface area contributed by atoms with Gasteiger partial charge in [0.05, 0.1) is 33.4 Å². The summed E-state index contributed by atoms with van der Waals surface area (Å²) >= 11 is 5.98. The number of hydrogen-bond acceptors (Lipinski definition) is 4. The molecule has 180 valence electrons. The normalized spacial score (nSPS) is 16.8. The predicted octanol–water partition coefficient (Wildman–Crippen LogP) is 5.96. The summed E-state index contributed by atoms with van der Waals surface area (Å²) in [4.78, 5) is 22.4. The van der Waals surface area contributed by atoms with E-state index in [1.54, 1.807) is 6.92 Å². The highest BCUT2D eigenvalue weighted by atomic mass is 35.5. The second-order valence-corrected chi connectivity index (χ2v) is 8.41. The van der Waals surface area contributed by atoms with Gasteiger partial charge in [0.15, 0.2) is 0 Å². The maximum absolute atomic E-state index is 13.4. The van der Waals surface area contributed by atoms with Crippen molar-refractivity contribution >= 4 is 34.4 Å². The van der Waals surface area contributed by atoms with Gasteiger partial charge in [-0.3, -0.25) is 9.78 Å². The van der Waals surface area contributed by atoms with Gasteiger partial charge in [-0.15, -0.1) is 0 Å². The monoisotopic (exact) mass is 502 g/mol. The average Bonchev–Trinajstić information content (AvgIpc) is 3.20. The highest BCUT2D eigenvalue weighted by Gasteiger charge is 2.37. The highest BCUT2D eigenvalue weighted by Crippen LogP contribution is 2.35. The molecule has 5 nitrogen and oxygen atoms in total. The maximum Gasteiger partial charge on any atom is 0.417 e. The van der Waals surface area contributed by atoms with Gasteiger partial charge in [-0.05, 0) is 37.6 Å². The molecule has 1 amide bonds. The van der Waals surface area contributed by atoms with E-state index in [2.05, 4.69) is 15.3 Å². The molecule has 2 heterocycles. The number of anilines is 1. The van der Waals surface area contributed by atoms with Crippen LogP contribution >= 0.6 is 11.6 Å². The lowest BCUT2D eigenvalue weighted by atomic mass is 10.0. The molecule has 1 unspecified atom stereocenters. The van der Waals surface area contributed by atoms with E-state index in [-0.39, 0.29) is 41.0 Å². The van der Waals surface area contributed by atoms with E-state index in [0.717, 1.165) is 18.2 Å². The first-order valence-corrected chi connectivity index (χ1v) is 10.5. The van der Waals surface area contributed by atoms with Crippen molar-refractivity contribution in [2.24, 2.45) is 0 Å². The molecule has 1 aromatic heterocycles. The van der Waals surface area contributed by atoms with Crippen LogP contribution in [0.1, 0.15) is 33.5 Å². The van der Waals surface area contributed by atoms with Gasteiger partial charge in [0.1, 0.15) is 11.3 Å². The average molecular weight is 503 g/mol. The van der Waals surface area contributed by atoms with E-state index >= 15 is 0 Å². The highest BCUT2D eigenvalue weighted by molar-refractivity contribution is 6.35. The number of rotatable bonds is 3. The van der Waals surface area contributed by atoms with Crippen molar-refractivity contribution in [3.05, 3.63) is 63.8 Å².